The van der Waals surface area contributed by atoms with Crippen LogP contribution in [-0.4, -0.2) is 56.4 Å². The standard InChI is InChI=1S/C19H19F3N6O/c1-28-6-2-3-12(10-28)25-18-13-4-5-23-9-14(13)16(26-27-18)17-15(29)7-11(8-24-17)19(20,21)22/h4-5,7-9,12,29H,2-3,6,10H2,1H3,(H,25,27). The van der Waals surface area contributed by atoms with Crippen LogP contribution in [0, 0.1) is 0 Å². The van der Waals surface area contributed by atoms with E-state index in [0.29, 0.717) is 28.9 Å². The molecule has 0 aromatic carbocycles. The molecule has 152 valence electrons. The number of nitrogens with one attached hydrogen (secondary N) is 1. The molecule has 0 amide bonds. The van der Waals surface area contributed by atoms with Crippen LogP contribution in [0.2, 0.25) is 0 Å². The lowest BCUT2D eigenvalue weighted by Crippen LogP contribution is -2.40. The lowest BCUT2D eigenvalue weighted by molar-refractivity contribution is -0.137. The van der Waals surface area contributed by atoms with Crippen LogP contribution < -0.4 is 5.32 Å². The van der Waals surface area contributed by atoms with Crippen molar-refractivity contribution < 1.29 is 18.3 Å². The highest BCUT2D eigenvalue weighted by Gasteiger charge is 2.32. The molecule has 1 fully saturated rings. The van der Waals surface area contributed by atoms with Crippen molar-refractivity contribution in [3.05, 3.63) is 36.3 Å². The van der Waals surface area contributed by atoms with Gasteiger partial charge in [0.2, 0.25) is 0 Å². The van der Waals surface area contributed by atoms with Crippen LogP contribution in [0.1, 0.15) is 18.4 Å². The second kappa shape index (κ2) is 7.43. The van der Waals surface area contributed by atoms with E-state index >= 15 is 0 Å². The zero-order chi connectivity index (χ0) is 20.6. The third-order valence-corrected chi connectivity index (χ3v) is 4.97. The van der Waals surface area contributed by atoms with Gasteiger partial charge >= 0.3 is 6.18 Å². The average molecular weight is 404 g/mol. The van der Waals surface area contributed by atoms with Crippen molar-refractivity contribution in [3.8, 4) is 17.1 Å². The van der Waals surface area contributed by atoms with Crippen LogP contribution in [0.5, 0.6) is 5.75 Å². The molecule has 0 aliphatic carbocycles. The SMILES string of the molecule is CN1CCCC(Nc2nnc(-c3ncc(C(F)(F)F)cc3O)c3cnccc23)C1. The Balaban J connectivity index is 1.74. The topological polar surface area (TPSA) is 87.1 Å². The third kappa shape index (κ3) is 3.93. The van der Waals surface area contributed by atoms with Gasteiger partial charge in [0.15, 0.2) is 5.82 Å². The Kier molecular flexibility index (Phi) is 4.95. The maximum atomic E-state index is 12.9. The molecule has 3 aromatic rings. The van der Waals surface area contributed by atoms with Crippen molar-refractivity contribution in [2.24, 2.45) is 0 Å². The number of anilines is 1. The maximum Gasteiger partial charge on any atom is 0.418 e. The van der Waals surface area contributed by atoms with E-state index in [2.05, 4.69) is 37.4 Å². The van der Waals surface area contributed by atoms with Gasteiger partial charge in [-0.15, -0.1) is 10.2 Å². The van der Waals surface area contributed by atoms with E-state index in [0.717, 1.165) is 25.9 Å². The van der Waals surface area contributed by atoms with Crippen LogP contribution in [0.25, 0.3) is 22.2 Å². The second-order valence-corrected chi connectivity index (χ2v) is 7.15. The first-order chi connectivity index (χ1) is 13.8. The molecule has 10 heteroatoms. The molecule has 3 aromatic heterocycles. The van der Waals surface area contributed by atoms with Gasteiger partial charge in [-0.05, 0) is 38.6 Å². The Bertz CT molecular complexity index is 1040. The summed E-state index contributed by atoms with van der Waals surface area (Å²) in [5, 5.41) is 23.2. The molecule has 1 saturated heterocycles. The fourth-order valence-corrected chi connectivity index (χ4v) is 3.55. The van der Waals surface area contributed by atoms with Gasteiger partial charge in [0.05, 0.1) is 5.56 Å². The summed E-state index contributed by atoms with van der Waals surface area (Å²) in [4.78, 5) is 10.1. The minimum Gasteiger partial charge on any atom is -0.506 e. The van der Waals surface area contributed by atoms with Gasteiger partial charge in [-0.1, -0.05) is 0 Å². The van der Waals surface area contributed by atoms with Crippen molar-refractivity contribution in [3.63, 3.8) is 0 Å². The highest BCUT2D eigenvalue weighted by molar-refractivity contribution is 5.99. The molecule has 4 heterocycles. The number of aromatic hydroxyl groups is 1. The molecule has 0 spiro atoms. The monoisotopic (exact) mass is 404 g/mol. The van der Waals surface area contributed by atoms with Crippen molar-refractivity contribution in [1.82, 2.24) is 25.1 Å². The Hall–Kier alpha value is -3.01. The van der Waals surface area contributed by atoms with E-state index in [9.17, 15) is 18.3 Å². The van der Waals surface area contributed by atoms with Gasteiger partial charge in [0, 0.05) is 41.9 Å². The lowest BCUT2D eigenvalue weighted by Gasteiger charge is -2.30. The summed E-state index contributed by atoms with van der Waals surface area (Å²) in [6.45, 7) is 1.92. The van der Waals surface area contributed by atoms with Crippen LogP contribution in [0.15, 0.2) is 30.7 Å². The summed E-state index contributed by atoms with van der Waals surface area (Å²) in [5.41, 5.74) is -0.938. The minimum atomic E-state index is -4.60. The zero-order valence-electron chi connectivity index (χ0n) is 15.6. The summed E-state index contributed by atoms with van der Waals surface area (Å²) < 4.78 is 38.6. The summed E-state index contributed by atoms with van der Waals surface area (Å²) in [5.74, 6) is -0.0493. The molecule has 0 saturated carbocycles. The van der Waals surface area contributed by atoms with Gasteiger partial charge < -0.3 is 15.3 Å². The smallest absolute Gasteiger partial charge is 0.418 e. The molecular formula is C19H19F3N6O. The number of alkyl halides is 3. The van der Waals surface area contributed by atoms with Crippen LogP contribution >= 0.6 is 0 Å². The molecule has 4 rings (SSSR count). The fraction of sp³-hybridized carbons (Fsp3) is 0.368. The molecule has 1 aliphatic heterocycles. The average Bonchev–Trinajstić information content (AvgIpc) is 2.68. The summed E-state index contributed by atoms with van der Waals surface area (Å²) in [6.07, 6.45) is 1.29. The van der Waals surface area contributed by atoms with Gasteiger partial charge in [0.1, 0.15) is 17.1 Å². The van der Waals surface area contributed by atoms with E-state index in [1.54, 1.807) is 12.3 Å². The summed E-state index contributed by atoms with van der Waals surface area (Å²) in [7, 11) is 2.06. The maximum absolute atomic E-state index is 12.9. The van der Waals surface area contributed by atoms with E-state index in [1.165, 1.54) is 6.20 Å². The van der Waals surface area contributed by atoms with E-state index in [-0.39, 0.29) is 17.4 Å². The molecule has 1 atom stereocenters. The number of aromatic nitrogens is 4. The molecule has 0 radical (unpaired) electrons. The van der Waals surface area contributed by atoms with Crippen LogP contribution in [0.3, 0.4) is 0 Å². The first-order valence-electron chi connectivity index (χ1n) is 9.15. The predicted molar refractivity (Wildman–Crippen MR) is 101 cm³/mol. The quantitative estimate of drug-likeness (QED) is 0.692. The fourth-order valence-electron chi connectivity index (χ4n) is 3.55. The largest absolute Gasteiger partial charge is 0.506 e. The number of halogens is 3. The van der Waals surface area contributed by atoms with E-state index < -0.39 is 17.5 Å². The number of likely N-dealkylation sites (N-methyl/N-ethyl adjacent to an activating group) is 1. The van der Waals surface area contributed by atoms with Crippen molar-refractivity contribution in [1.29, 1.82) is 0 Å². The Morgan fingerprint density at radius 2 is 2.00 bits per heavy atom. The number of likely N-dealkylation sites (tertiary alicyclic amines) is 1. The van der Waals surface area contributed by atoms with Gasteiger partial charge in [-0.25, -0.2) is 4.98 Å². The number of piperidine rings is 1. The normalized spacial score (nSPS) is 18.1. The lowest BCUT2D eigenvalue weighted by atomic mass is 10.1. The third-order valence-electron chi connectivity index (χ3n) is 4.97. The number of hydrogen-bond donors (Lipinski definition) is 2. The Morgan fingerprint density at radius 1 is 1.17 bits per heavy atom. The summed E-state index contributed by atoms with van der Waals surface area (Å²) >= 11 is 0. The molecule has 1 unspecified atom stereocenters. The Morgan fingerprint density at radius 3 is 2.72 bits per heavy atom. The zero-order valence-corrected chi connectivity index (χ0v) is 15.6. The highest BCUT2D eigenvalue weighted by Crippen LogP contribution is 2.37. The van der Waals surface area contributed by atoms with E-state index in [1.807, 2.05) is 0 Å². The number of pyridine rings is 2. The molecule has 0 bridgehead atoms. The van der Waals surface area contributed by atoms with Gasteiger partial charge in [-0.3, -0.25) is 4.98 Å². The number of hydrogen-bond acceptors (Lipinski definition) is 7. The predicted octanol–water partition coefficient (Wildman–Crippen LogP) is 3.32. The van der Waals surface area contributed by atoms with Crippen LogP contribution in [-0.2, 0) is 6.18 Å². The first kappa shape index (κ1) is 19.3. The number of rotatable bonds is 3. The van der Waals surface area contributed by atoms with Crippen molar-refractivity contribution in [2.45, 2.75) is 25.1 Å². The molecular weight excluding hydrogens is 385 g/mol. The highest BCUT2D eigenvalue weighted by atomic mass is 19.4. The van der Waals surface area contributed by atoms with Gasteiger partial charge in [-0.2, -0.15) is 13.2 Å². The van der Waals surface area contributed by atoms with E-state index in [4.69, 9.17) is 0 Å². The molecule has 1 aliphatic rings. The van der Waals surface area contributed by atoms with Gasteiger partial charge in [0.25, 0.3) is 0 Å². The van der Waals surface area contributed by atoms with Crippen LogP contribution in [0.4, 0.5) is 19.0 Å². The second-order valence-electron chi connectivity index (χ2n) is 7.15. The number of fused-ring (bicyclic) bond motifs is 1. The summed E-state index contributed by atoms with van der Waals surface area (Å²) in [6, 6.07) is 2.60. The first-order valence-corrected chi connectivity index (χ1v) is 9.15. The minimum absolute atomic E-state index is 0.0764. The molecule has 29 heavy (non-hydrogen) atoms. The Labute approximate surface area is 164 Å². The molecule has 2 N–H and O–H groups in total. The number of nitrogens with zero attached hydrogens (tertiary/aromatic N) is 5. The van der Waals surface area contributed by atoms with Crippen molar-refractivity contribution in [2.75, 3.05) is 25.5 Å². The van der Waals surface area contributed by atoms with Crippen molar-refractivity contribution >= 4 is 16.6 Å². The molecule has 7 nitrogen and oxygen atoms in total.